The molecule has 4 aromatic rings. The predicted octanol–water partition coefficient (Wildman–Crippen LogP) is 4.27. The summed E-state index contributed by atoms with van der Waals surface area (Å²) in [7, 11) is 1.63. The highest BCUT2D eigenvalue weighted by molar-refractivity contribution is 7.13. The fourth-order valence-corrected chi connectivity index (χ4v) is 3.68. The van der Waals surface area contributed by atoms with Crippen molar-refractivity contribution in [2.24, 2.45) is 0 Å². The van der Waals surface area contributed by atoms with Gasteiger partial charge in [0, 0.05) is 10.9 Å². The number of nitrogen functional groups attached to an aromatic ring is 1. The molecule has 0 aliphatic rings. The Kier molecular flexibility index (Phi) is 4.37. The van der Waals surface area contributed by atoms with Crippen LogP contribution in [0.25, 0.3) is 27.6 Å². The minimum absolute atomic E-state index is 0.460. The lowest BCUT2D eigenvalue weighted by Crippen LogP contribution is -2.02. The fraction of sp³-hybridized carbons (Fsp3) is 0.150. The number of hydrogen-bond acceptors (Lipinski definition) is 6. The summed E-state index contributed by atoms with van der Waals surface area (Å²) in [6.07, 6.45) is 0. The zero-order chi connectivity index (χ0) is 19.0. The Morgan fingerprint density at radius 1 is 1.07 bits per heavy atom. The molecule has 2 aromatic carbocycles. The van der Waals surface area contributed by atoms with Crippen molar-refractivity contribution in [3.63, 3.8) is 0 Å². The molecule has 0 atom stereocenters. The number of nitrogens with two attached hydrogens (primary N) is 1. The lowest BCUT2D eigenvalue weighted by Gasteiger charge is -2.04. The SMILES string of the molecule is COc1ccc(-n2nnc(-c3nc(-c4cc(C)ccc4C)cs3)c2N)cc1. The van der Waals surface area contributed by atoms with Crippen molar-refractivity contribution in [2.45, 2.75) is 13.8 Å². The fourth-order valence-electron chi connectivity index (χ4n) is 2.87. The van der Waals surface area contributed by atoms with Crippen LogP contribution in [-0.4, -0.2) is 27.1 Å². The van der Waals surface area contributed by atoms with E-state index in [0.29, 0.717) is 11.5 Å². The Labute approximate surface area is 161 Å². The van der Waals surface area contributed by atoms with Crippen LogP contribution in [0.3, 0.4) is 0 Å². The first-order valence-electron chi connectivity index (χ1n) is 8.46. The monoisotopic (exact) mass is 377 g/mol. The molecule has 7 heteroatoms. The van der Waals surface area contributed by atoms with E-state index < -0.39 is 0 Å². The number of thiazole rings is 1. The maximum atomic E-state index is 6.31. The van der Waals surface area contributed by atoms with Gasteiger partial charge in [-0.15, -0.1) is 16.4 Å². The lowest BCUT2D eigenvalue weighted by atomic mass is 10.0. The molecule has 2 aromatic heterocycles. The Hall–Kier alpha value is -3.19. The van der Waals surface area contributed by atoms with Crippen LogP contribution in [0.15, 0.2) is 47.8 Å². The van der Waals surface area contributed by atoms with Crippen LogP contribution in [-0.2, 0) is 0 Å². The van der Waals surface area contributed by atoms with E-state index >= 15 is 0 Å². The summed E-state index contributed by atoms with van der Waals surface area (Å²) in [4.78, 5) is 4.75. The van der Waals surface area contributed by atoms with Gasteiger partial charge in [-0.25, -0.2) is 4.98 Å². The molecule has 0 fully saturated rings. The highest BCUT2D eigenvalue weighted by Crippen LogP contribution is 2.33. The summed E-state index contributed by atoms with van der Waals surface area (Å²) in [5.74, 6) is 1.23. The van der Waals surface area contributed by atoms with E-state index in [-0.39, 0.29) is 0 Å². The van der Waals surface area contributed by atoms with Crippen LogP contribution in [0.1, 0.15) is 11.1 Å². The Bertz CT molecular complexity index is 1100. The molecule has 0 amide bonds. The zero-order valence-electron chi connectivity index (χ0n) is 15.3. The number of nitrogens with zero attached hydrogens (tertiary/aromatic N) is 4. The van der Waals surface area contributed by atoms with Crippen molar-refractivity contribution >= 4 is 17.2 Å². The van der Waals surface area contributed by atoms with E-state index in [1.54, 1.807) is 11.8 Å². The molecule has 6 nitrogen and oxygen atoms in total. The summed E-state index contributed by atoms with van der Waals surface area (Å²) < 4.78 is 6.79. The third-order valence-corrected chi connectivity index (χ3v) is 5.25. The number of anilines is 1. The zero-order valence-corrected chi connectivity index (χ0v) is 16.1. The van der Waals surface area contributed by atoms with Gasteiger partial charge in [-0.1, -0.05) is 22.9 Å². The second-order valence-electron chi connectivity index (χ2n) is 6.29. The smallest absolute Gasteiger partial charge is 0.165 e. The summed E-state index contributed by atoms with van der Waals surface area (Å²) in [5.41, 5.74) is 12.2. The van der Waals surface area contributed by atoms with Crippen molar-refractivity contribution in [1.82, 2.24) is 20.0 Å². The second-order valence-corrected chi connectivity index (χ2v) is 7.15. The van der Waals surface area contributed by atoms with E-state index in [1.165, 1.54) is 22.5 Å². The third kappa shape index (κ3) is 3.17. The van der Waals surface area contributed by atoms with Gasteiger partial charge in [0.15, 0.2) is 11.5 Å². The number of hydrogen-bond donors (Lipinski definition) is 1. The van der Waals surface area contributed by atoms with Crippen molar-refractivity contribution in [2.75, 3.05) is 12.8 Å². The van der Waals surface area contributed by atoms with Crippen LogP contribution in [0, 0.1) is 13.8 Å². The molecular weight excluding hydrogens is 358 g/mol. The molecule has 2 heterocycles. The van der Waals surface area contributed by atoms with E-state index in [2.05, 4.69) is 42.4 Å². The molecule has 0 aliphatic carbocycles. The summed E-state index contributed by atoms with van der Waals surface area (Å²) in [6.45, 7) is 4.16. The van der Waals surface area contributed by atoms with Crippen LogP contribution in [0.2, 0.25) is 0 Å². The van der Waals surface area contributed by atoms with Gasteiger partial charge in [-0.2, -0.15) is 4.68 Å². The maximum absolute atomic E-state index is 6.31. The van der Waals surface area contributed by atoms with Gasteiger partial charge in [0.1, 0.15) is 10.8 Å². The number of ether oxygens (including phenoxy) is 1. The van der Waals surface area contributed by atoms with E-state index in [9.17, 15) is 0 Å². The van der Waals surface area contributed by atoms with Gasteiger partial charge in [-0.05, 0) is 49.7 Å². The molecule has 0 aliphatic heterocycles. The van der Waals surface area contributed by atoms with Gasteiger partial charge in [0.25, 0.3) is 0 Å². The lowest BCUT2D eigenvalue weighted by molar-refractivity contribution is 0.414. The minimum Gasteiger partial charge on any atom is -0.497 e. The van der Waals surface area contributed by atoms with E-state index in [0.717, 1.165) is 27.7 Å². The molecule has 27 heavy (non-hydrogen) atoms. The standard InChI is InChI=1S/C20H19N5OS/c1-12-4-5-13(2)16(10-12)17-11-27-20(22-17)18-19(21)25(24-23-18)14-6-8-15(26-3)9-7-14/h4-11H,21H2,1-3H3. The van der Waals surface area contributed by atoms with Gasteiger partial charge in [0.05, 0.1) is 18.5 Å². The molecule has 2 N–H and O–H groups in total. The van der Waals surface area contributed by atoms with Gasteiger partial charge in [-0.3, -0.25) is 0 Å². The average Bonchev–Trinajstić information content (AvgIpc) is 3.30. The third-order valence-electron chi connectivity index (χ3n) is 4.40. The van der Waals surface area contributed by atoms with Crippen LogP contribution < -0.4 is 10.5 Å². The summed E-state index contributed by atoms with van der Waals surface area (Å²) in [5, 5.41) is 11.2. The van der Waals surface area contributed by atoms with Gasteiger partial charge >= 0.3 is 0 Å². The Balaban J connectivity index is 1.70. The molecule has 4 rings (SSSR count). The van der Waals surface area contributed by atoms with Crippen molar-refractivity contribution in [1.29, 1.82) is 0 Å². The van der Waals surface area contributed by atoms with Crippen LogP contribution in [0.4, 0.5) is 5.82 Å². The highest BCUT2D eigenvalue weighted by Gasteiger charge is 2.17. The molecule has 0 bridgehead atoms. The highest BCUT2D eigenvalue weighted by atomic mass is 32.1. The van der Waals surface area contributed by atoms with Crippen molar-refractivity contribution in [3.8, 4) is 33.4 Å². The first-order chi connectivity index (χ1) is 13.1. The second kappa shape index (κ2) is 6.85. The molecule has 0 saturated carbocycles. The molecule has 0 radical (unpaired) electrons. The van der Waals surface area contributed by atoms with Crippen LogP contribution >= 0.6 is 11.3 Å². The summed E-state index contributed by atoms with van der Waals surface area (Å²) in [6, 6.07) is 13.8. The first-order valence-corrected chi connectivity index (χ1v) is 9.34. The average molecular weight is 377 g/mol. The number of benzene rings is 2. The van der Waals surface area contributed by atoms with E-state index in [1.807, 2.05) is 29.6 Å². The normalized spacial score (nSPS) is 10.9. The largest absolute Gasteiger partial charge is 0.497 e. The van der Waals surface area contributed by atoms with Gasteiger partial charge < -0.3 is 10.5 Å². The molecule has 0 spiro atoms. The van der Waals surface area contributed by atoms with Crippen molar-refractivity contribution in [3.05, 3.63) is 59.0 Å². The predicted molar refractivity (Wildman–Crippen MR) is 108 cm³/mol. The maximum Gasteiger partial charge on any atom is 0.165 e. The number of aromatic nitrogens is 4. The number of methoxy groups -OCH3 is 1. The van der Waals surface area contributed by atoms with Crippen LogP contribution in [0.5, 0.6) is 5.75 Å². The number of aryl methyl sites for hydroxylation is 2. The topological polar surface area (TPSA) is 78.8 Å². The Morgan fingerprint density at radius 3 is 2.59 bits per heavy atom. The molecule has 136 valence electrons. The molecule has 0 saturated heterocycles. The Morgan fingerprint density at radius 2 is 1.85 bits per heavy atom. The quantitative estimate of drug-likeness (QED) is 0.575. The molecular formula is C20H19N5OS. The summed E-state index contributed by atoms with van der Waals surface area (Å²) >= 11 is 1.51. The van der Waals surface area contributed by atoms with Gasteiger partial charge in [0.2, 0.25) is 0 Å². The minimum atomic E-state index is 0.460. The first kappa shape index (κ1) is 17.2. The van der Waals surface area contributed by atoms with E-state index in [4.69, 9.17) is 15.5 Å². The number of rotatable bonds is 4. The van der Waals surface area contributed by atoms with Crippen molar-refractivity contribution < 1.29 is 4.74 Å². The molecule has 0 unspecified atom stereocenters.